The molecule has 0 saturated carbocycles. The average Bonchev–Trinajstić information content (AvgIpc) is 3.16. The fourth-order valence-electron chi connectivity index (χ4n) is 3.23. The number of anilines is 1. The zero-order valence-corrected chi connectivity index (χ0v) is 21.5. The standard InChI is InChI=1S/C22H31N4O7PS/c1-14(2)12-31-21(28)15(3)25-34(30,33-16-7-5-4-6-8-16)32-13-18-17(27)11-20(35-18)26-10-9-19(23)24-22(26)29/h4-10,14-15,17-18,20,27H,11-13H2,1-3H3,(H,25,30)(H2,23,24,29)/t15-,17?,18?,20?,34?/m0/s1. The Labute approximate surface area is 208 Å². The molecule has 4 N–H and O–H groups in total. The van der Waals surface area contributed by atoms with E-state index >= 15 is 0 Å². The highest BCUT2D eigenvalue weighted by Gasteiger charge is 2.39. The lowest BCUT2D eigenvalue weighted by atomic mass is 10.2. The molecule has 0 aliphatic carbocycles. The number of hydrogen-bond donors (Lipinski definition) is 3. The van der Waals surface area contributed by atoms with Crippen LogP contribution in [-0.2, 0) is 18.6 Å². The van der Waals surface area contributed by atoms with Crippen molar-refractivity contribution in [2.24, 2.45) is 5.92 Å². The van der Waals surface area contributed by atoms with Crippen molar-refractivity contribution in [2.45, 2.75) is 50.0 Å². The van der Waals surface area contributed by atoms with Gasteiger partial charge >= 0.3 is 19.4 Å². The van der Waals surface area contributed by atoms with E-state index in [0.717, 1.165) is 0 Å². The van der Waals surface area contributed by atoms with Gasteiger partial charge in [0, 0.05) is 12.6 Å². The summed E-state index contributed by atoms with van der Waals surface area (Å²) in [4.78, 5) is 28.2. The van der Waals surface area contributed by atoms with Crippen molar-refractivity contribution < 1.29 is 28.3 Å². The van der Waals surface area contributed by atoms with Crippen molar-refractivity contribution in [3.63, 3.8) is 0 Å². The minimum absolute atomic E-state index is 0.112. The summed E-state index contributed by atoms with van der Waals surface area (Å²) >= 11 is 1.29. The highest BCUT2D eigenvalue weighted by atomic mass is 32.2. The summed E-state index contributed by atoms with van der Waals surface area (Å²) in [7, 11) is -4.06. The van der Waals surface area contributed by atoms with E-state index in [4.69, 9.17) is 19.5 Å². The lowest BCUT2D eigenvalue weighted by molar-refractivity contribution is -0.146. The summed E-state index contributed by atoms with van der Waals surface area (Å²) in [6, 6.07) is 8.93. The molecular weight excluding hydrogens is 495 g/mol. The molecule has 1 aromatic heterocycles. The second-order valence-electron chi connectivity index (χ2n) is 8.55. The van der Waals surface area contributed by atoms with Crippen molar-refractivity contribution in [3.8, 4) is 5.75 Å². The molecule has 2 aromatic rings. The summed E-state index contributed by atoms with van der Waals surface area (Å²) in [6.07, 6.45) is 0.945. The van der Waals surface area contributed by atoms with Gasteiger partial charge in [-0.25, -0.2) is 9.36 Å². The third-order valence-electron chi connectivity index (χ3n) is 5.01. The molecule has 5 atom stereocenters. The minimum Gasteiger partial charge on any atom is -0.464 e. The first kappa shape index (κ1) is 27.2. The van der Waals surface area contributed by atoms with Crippen LogP contribution >= 0.6 is 19.5 Å². The highest BCUT2D eigenvalue weighted by molar-refractivity contribution is 8.00. The number of carbonyl (C=O) groups excluding carboxylic acids is 1. The van der Waals surface area contributed by atoms with Gasteiger partial charge in [0.2, 0.25) is 0 Å². The number of para-hydroxylation sites is 1. The molecule has 1 aliphatic heterocycles. The van der Waals surface area contributed by atoms with Crippen LogP contribution in [0.2, 0.25) is 0 Å². The smallest absolute Gasteiger partial charge is 0.459 e. The van der Waals surface area contributed by atoms with Crippen LogP contribution in [0.25, 0.3) is 0 Å². The molecule has 11 nitrogen and oxygen atoms in total. The van der Waals surface area contributed by atoms with Crippen LogP contribution in [0.5, 0.6) is 5.75 Å². The van der Waals surface area contributed by atoms with E-state index in [-0.39, 0.29) is 37.1 Å². The number of aliphatic hydroxyl groups is 1. The van der Waals surface area contributed by atoms with Crippen LogP contribution in [0.3, 0.4) is 0 Å². The summed E-state index contributed by atoms with van der Waals surface area (Å²) in [5.74, 6) is -0.0546. The van der Waals surface area contributed by atoms with E-state index in [9.17, 15) is 19.3 Å². The number of esters is 1. The number of aromatic nitrogens is 2. The van der Waals surface area contributed by atoms with Gasteiger partial charge < -0.3 is 20.1 Å². The van der Waals surface area contributed by atoms with E-state index in [1.54, 1.807) is 30.3 Å². The molecule has 3 rings (SSSR count). The SMILES string of the molecule is CC(C)COC(=O)[C@H](C)NP(=O)(OCC1SC(n2ccc(N)nc2=O)CC1O)Oc1ccccc1. The summed E-state index contributed by atoms with van der Waals surface area (Å²) in [5.41, 5.74) is 5.03. The van der Waals surface area contributed by atoms with Gasteiger partial charge in [0.15, 0.2) is 0 Å². The Morgan fingerprint density at radius 1 is 1.31 bits per heavy atom. The van der Waals surface area contributed by atoms with Crippen molar-refractivity contribution in [1.82, 2.24) is 14.6 Å². The average molecular weight is 527 g/mol. The van der Waals surface area contributed by atoms with Gasteiger partial charge in [-0.3, -0.25) is 13.9 Å². The molecule has 0 radical (unpaired) electrons. The van der Waals surface area contributed by atoms with E-state index in [1.165, 1.54) is 35.5 Å². The molecule has 0 amide bonds. The van der Waals surface area contributed by atoms with Gasteiger partial charge in [0.05, 0.1) is 29.9 Å². The summed E-state index contributed by atoms with van der Waals surface area (Å²) in [6.45, 7) is 5.38. The summed E-state index contributed by atoms with van der Waals surface area (Å²) < 4.78 is 31.5. The molecule has 35 heavy (non-hydrogen) atoms. The lowest BCUT2D eigenvalue weighted by Gasteiger charge is -2.24. The van der Waals surface area contributed by atoms with Crippen LogP contribution in [0.1, 0.15) is 32.6 Å². The molecule has 1 fully saturated rings. The number of ether oxygens (including phenoxy) is 1. The van der Waals surface area contributed by atoms with Gasteiger partial charge in [-0.2, -0.15) is 10.1 Å². The van der Waals surface area contributed by atoms with Crippen molar-refractivity contribution >= 4 is 31.3 Å². The van der Waals surface area contributed by atoms with Crippen molar-refractivity contribution in [2.75, 3.05) is 18.9 Å². The topological polar surface area (TPSA) is 155 Å². The molecule has 13 heteroatoms. The lowest BCUT2D eigenvalue weighted by Crippen LogP contribution is -2.36. The van der Waals surface area contributed by atoms with Crippen LogP contribution < -0.4 is 21.0 Å². The molecule has 0 bridgehead atoms. The number of nitrogens with two attached hydrogens (primary N) is 1. The number of benzene rings is 1. The number of carbonyl (C=O) groups is 1. The Morgan fingerprint density at radius 3 is 2.69 bits per heavy atom. The van der Waals surface area contributed by atoms with E-state index in [0.29, 0.717) is 0 Å². The Morgan fingerprint density at radius 2 is 2.03 bits per heavy atom. The number of nitrogens with one attached hydrogen (secondary N) is 1. The number of nitrogens with zero attached hydrogens (tertiary/aromatic N) is 2. The molecule has 192 valence electrons. The largest absolute Gasteiger partial charge is 0.464 e. The maximum Gasteiger partial charge on any atom is 0.459 e. The van der Waals surface area contributed by atoms with Gasteiger partial charge in [0.25, 0.3) is 0 Å². The monoisotopic (exact) mass is 526 g/mol. The highest BCUT2D eigenvalue weighted by Crippen LogP contribution is 2.48. The Bertz CT molecular complexity index is 1100. The first-order valence-electron chi connectivity index (χ1n) is 11.2. The fraction of sp³-hybridized carbons (Fsp3) is 0.500. The maximum absolute atomic E-state index is 13.6. The molecule has 0 spiro atoms. The zero-order chi connectivity index (χ0) is 25.6. The molecule has 1 aliphatic rings. The normalized spacial score (nSPS) is 22.5. The predicted molar refractivity (Wildman–Crippen MR) is 133 cm³/mol. The first-order chi connectivity index (χ1) is 16.6. The number of rotatable bonds is 11. The van der Waals surface area contributed by atoms with Crippen LogP contribution in [0, 0.1) is 5.92 Å². The molecular formula is C22H31N4O7PS. The second kappa shape index (κ2) is 12.0. The Balaban J connectivity index is 1.69. The molecule has 4 unspecified atom stereocenters. The fourth-order valence-corrected chi connectivity index (χ4v) is 6.29. The van der Waals surface area contributed by atoms with Crippen LogP contribution in [-0.4, -0.2) is 51.2 Å². The first-order valence-corrected chi connectivity index (χ1v) is 13.7. The van der Waals surface area contributed by atoms with Gasteiger partial charge in [0.1, 0.15) is 17.6 Å². The summed E-state index contributed by atoms with van der Waals surface area (Å²) in [5, 5.41) is 12.3. The van der Waals surface area contributed by atoms with Gasteiger partial charge in [-0.15, -0.1) is 11.8 Å². The number of nitrogen functional groups attached to an aromatic ring is 1. The van der Waals surface area contributed by atoms with Crippen molar-refractivity contribution in [1.29, 1.82) is 0 Å². The maximum atomic E-state index is 13.6. The van der Waals surface area contributed by atoms with Crippen LogP contribution in [0.4, 0.5) is 5.82 Å². The third-order valence-corrected chi connectivity index (χ3v) is 8.19. The number of aliphatic hydroxyl groups excluding tert-OH is 1. The van der Waals surface area contributed by atoms with E-state index < -0.39 is 42.2 Å². The quantitative estimate of drug-likeness (QED) is 0.292. The minimum atomic E-state index is -4.06. The number of thioether (sulfide) groups is 1. The van der Waals surface area contributed by atoms with E-state index in [2.05, 4.69) is 10.1 Å². The zero-order valence-electron chi connectivity index (χ0n) is 19.8. The molecule has 2 heterocycles. The van der Waals surface area contributed by atoms with Gasteiger partial charge in [-0.1, -0.05) is 32.0 Å². The van der Waals surface area contributed by atoms with Crippen LogP contribution in [0.15, 0.2) is 47.4 Å². The van der Waals surface area contributed by atoms with Gasteiger partial charge in [-0.05, 0) is 31.0 Å². The third kappa shape index (κ3) is 7.81. The predicted octanol–water partition coefficient (Wildman–Crippen LogP) is 2.57. The second-order valence-corrected chi connectivity index (χ2v) is 11.7. The number of hydrogen-bond acceptors (Lipinski definition) is 10. The van der Waals surface area contributed by atoms with E-state index in [1.807, 2.05) is 13.8 Å². The Hall–Kier alpha value is -2.37. The van der Waals surface area contributed by atoms with Crippen molar-refractivity contribution in [3.05, 3.63) is 53.1 Å². The Kier molecular flexibility index (Phi) is 9.37. The molecule has 1 aromatic carbocycles. The molecule has 1 saturated heterocycles.